The molecule has 0 bridgehead atoms. The molecule has 0 saturated carbocycles. The summed E-state index contributed by atoms with van der Waals surface area (Å²) >= 11 is 7.63. The molecule has 3 atom stereocenters. The van der Waals surface area contributed by atoms with E-state index in [0.29, 0.717) is 18.2 Å². The quantitative estimate of drug-likeness (QED) is 0.895. The molecule has 0 amide bonds. The van der Waals surface area contributed by atoms with Gasteiger partial charge in [-0.05, 0) is 38.3 Å². The van der Waals surface area contributed by atoms with Gasteiger partial charge in [0.05, 0.1) is 10.4 Å². The van der Waals surface area contributed by atoms with E-state index in [4.69, 9.17) is 16.3 Å². The Kier molecular flexibility index (Phi) is 4.86. The second kappa shape index (κ2) is 6.19. The fraction of sp³-hybridized carbons (Fsp3) is 0.692. The van der Waals surface area contributed by atoms with Gasteiger partial charge in [-0.3, -0.25) is 0 Å². The molecular weight excluding hydrogens is 254 g/mol. The van der Waals surface area contributed by atoms with E-state index in [0.717, 1.165) is 30.2 Å². The number of rotatable bonds is 4. The lowest BCUT2D eigenvalue weighted by molar-refractivity contribution is -0.00159. The van der Waals surface area contributed by atoms with Gasteiger partial charge in [-0.25, -0.2) is 0 Å². The normalized spacial score (nSPS) is 27.0. The Labute approximate surface area is 112 Å². The number of hydrogen-bond donors (Lipinski definition) is 1. The van der Waals surface area contributed by atoms with Crippen molar-refractivity contribution in [3.05, 3.63) is 21.3 Å². The number of ether oxygens (including phenoxy) is 1. The smallest absolute Gasteiger partial charge is 0.0931 e. The molecular formula is C13H20ClNOS. The average molecular weight is 274 g/mol. The molecule has 1 aliphatic heterocycles. The summed E-state index contributed by atoms with van der Waals surface area (Å²) in [6.45, 7) is 5.28. The highest BCUT2D eigenvalue weighted by Crippen LogP contribution is 2.28. The number of halogens is 1. The third kappa shape index (κ3) is 3.68. The maximum atomic E-state index is 5.96. The van der Waals surface area contributed by atoms with Crippen LogP contribution in [0.25, 0.3) is 0 Å². The Hall–Kier alpha value is -0.0900. The van der Waals surface area contributed by atoms with Crippen LogP contribution in [0.15, 0.2) is 12.1 Å². The zero-order valence-electron chi connectivity index (χ0n) is 10.4. The molecule has 3 unspecified atom stereocenters. The first-order valence-corrected chi connectivity index (χ1v) is 7.51. The van der Waals surface area contributed by atoms with Crippen LogP contribution in [0.3, 0.4) is 0 Å². The highest BCUT2D eigenvalue weighted by Gasteiger charge is 2.23. The molecule has 1 saturated heterocycles. The maximum absolute atomic E-state index is 5.96. The second-order valence-corrected chi connectivity index (χ2v) is 6.40. The molecule has 0 aromatic carbocycles. The Morgan fingerprint density at radius 3 is 3.06 bits per heavy atom. The molecule has 96 valence electrons. The molecule has 2 nitrogen and oxygen atoms in total. The van der Waals surface area contributed by atoms with Crippen LogP contribution >= 0.6 is 22.9 Å². The van der Waals surface area contributed by atoms with E-state index < -0.39 is 0 Å². The first kappa shape index (κ1) is 13.3. The summed E-state index contributed by atoms with van der Waals surface area (Å²) in [5, 5.41) is 3.68. The van der Waals surface area contributed by atoms with Crippen LogP contribution in [0.4, 0.5) is 0 Å². The predicted molar refractivity (Wildman–Crippen MR) is 73.9 cm³/mol. The standard InChI is InChI=1S/C13H20ClNOS/c1-3-11-8-10(6-7-16-11)15-9(2)12-4-5-13(14)17-12/h4-5,9-11,15H,3,6-8H2,1-2H3. The van der Waals surface area contributed by atoms with Crippen LogP contribution in [0.2, 0.25) is 4.34 Å². The molecule has 17 heavy (non-hydrogen) atoms. The summed E-state index contributed by atoms with van der Waals surface area (Å²) in [5.41, 5.74) is 0. The topological polar surface area (TPSA) is 21.3 Å². The third-order valence-corrected chi connectivity index (χ3v) is 4.74. The van der Waals surface area contributed by atoms with Crippen molar-refractivity contribution >= 4 is 22.9 Å². The summed E-state index contributed by atoms with van der Waals surface area (Å²) in [7, 11) is 0. The summed E-state index contributed by atoms with van der Waals surface area (Å²) in [6, 6.07) is 5.04. The van der Waals surface area contributed by atoms with Crippen LogP contribution in [0.5, 0.6) is 0 Å². The van der Waals surface area contributed by atoms with Crippen molar-refractivity contribution in [1.82, 2.24) is 5.32 Å². The van der Waals surface area contributed by atoms with Crippen LogP contribution in [0, 0.1) is 0 Å². The van der Waals surface area contributed by atoms with Crippen molar-refractivity contribution in [2.75, 3.05) is 6.61 Å². The largest absolute Gasteiger partial charge is 0.378 e. The van der Waals surface area contributed by atoms with Gasteiger partial charge >= 0.3 is 0 Å². The van der Waals surface area contributed by atoms with E-state index in [2.05, 4.69) is 25.2 Å². The average Bonchev–Trinajstić information content (AvgIpc) is 2.76. The van der Waals surface area contributed by atoms with E-state index in [-0.39, 0.29) is 0 Å². The second-order valence-electron chi connectivity index (χ2n) is 4.65. The van der Waals surface area contributed by atoms with E-state index >= 15 is 0 Å². The van der Waals surface area contributed by atoms with Gasteiger partial charge in [-0.15, -0.1) is 11.3 Å². The zero-order valence-corrected chi connectivity index (χ0v) is 12.0. The zero-order chi connectivity index (χ0) is 12.3. The molecule has 1 aromatic rings. The van der Waals surface area contributed by atoms with Gasteiger partial charge in [0.1, 0.15) is 0 Å². The van der Waals surface area contributed by atoms with Crippen molar-refractivity contribution in [3.8, 4) is 0 Å². The van der Waals surface area contributed by atoms with E-state index in [1.54, 1.807) is 11.3 Å². The molecule has 1 aromatic heterocycles. The van der Waals surface area contributed by atoms with Crippen LogP contribution in [-0.4, -0.2) is 18.8 Å². The SMILES string of the molecule is CCC1CC(NC(C)c2ccc(Cl)s2)CCO1. The minimum absolute atomic E-state index is 0.383. The summed E-state index contributed by atoms with van der Waals surface area (Å²) in [4.78, 5) is 1.31. The van der Waals surface area contributed by atoms with Crippen molar-refractivity contribution in [1.29, 1.82) is 0 Å². The van der Waals surface area contributed by atoms with Crippen molar-refractivity contribution in [2.45, 2.75) is 51.3 Å². The van der Waals surface area contributed by atoms with Crippen molar-refractivity contribution in [2.24, 2.45) is 0 Å². The lowest BCUT2D eigenvalue weighted by Gasteiger charge is -2.31. The van der Waals surface area contributed by atoms with Gasteiger partial charge in [0.25, 0.3) is 0 Å². The molecule has 1 N–H and O–H groups in total. The van der Waals surface area contributed by atoms with Crippen LogP contribution in [-0.2, 0) is 4.74 Å². The number of thiophene rings is 1. The van der Waals surface area contributed by atoms with Gasteiger partial charge < -0.3 is 10.1 Å². The first-order chi connectivity index (χ1) is 8.19. The molecule has 0 spiro atoms. The van der Waals surface area contributed by atoms with Gasteiger partial charge in [-0.2, -0.15) is 0 Å². The minimum atomic E-state index is 0.383. The van der Waals surface area contributed by atoms with Gasteiger partial charge in [0.15, 0.2) is 0 Å². The first-order valence-electron chi connectivity index (χ1n) is 6.32. The summed E-state index contributed by atoms with van der Waals surface area (Å²) < 4.78 is 6.56. The number of nitrogens with one attached hydrogen (secondary N) is 1. The highest BCUT2D eigenvalue weighted by atomic mass is 35.5. The molecule has 0 aliphatic carbocycles. The van der Waals surface area contributed by atoms with Crippen LogP contribution < -0.4 is 5.32 Å². The minimum Gasteiger partial charge on any atom is -0.378 e. The molecule has 1 aliphatic rings. The van der Waals surface area contributed by atoms with Gasteiger partial charge in [0, 0.05) is 23.6 Å². The van der Waals surface area contributed by atoms with Crippen molar-refractivity contribution < 1.29 is 4.74 Å². The molecule has 2 rings (SSSR count). The highest BCUT2D eigenvalue weighted by molar-refractivity contribution is 7.16. The fourth-order valence-corrected chi connectivity index (χ4v) is 3.39. The van der Waals surface area contributed by atoms with E-state index in [1.165, 1.54) is 4.88 Å². The van der Waals surface area contributed by atoms with Crippen LogP contribution in [0.1, 0.15) is 44.0 Å². The van der Waals surface area contributed by atoms with E-state index in [9.17, 15) is 0 Å². The van der Waals surface area contributed by atoms with Gasteiger partial charge in [-0.1, -0.05) is 18.5 Å². The van der Waals surface area contributed by atoms with Crippen molar-refractivity contribution in [3.63, 3.8) is 0 Å². The molecule has 1 fully saturated rings. The molecule has 2 heterocycles. The fourth-order valence-electron chi connectivity index (χ4n) is 2.31. The Morgan fingerprint density at radius 1 is 1.59 bits per heavy atom. The Balaban J connectivity index is 1.87. The Bertz CT molecular complexity index is 355. The predicted octanol–water partition coefficient (Wildman–Crippen LogP) is 4.01. The Morgan fingerprint density at radius 2 is 2.41 bits per heavy atom. The maximum Gasteiger partial charge on any atom is 0.0931 e. The summed E-state index contributed by atoms with van der Waals surface area (Å²) in [6.07, 6.45) is 3.78. The lowest BCUT2D eigenvalue weighted by Crippen LogP contribution is -2.39. The molecule has 4 heteroatoms. The monoisotopic (exact) mass is 273 g/mol. The molecule has 0 radical (unpaired) electrons. The summed E-state index contributed by atoms with van der Waals surface area (Å²) in [5.74, 6) is 0. The van der Waals surface area contributed by atoms with E-state index in [1.807, 2.05) is 6.07 Å². The lowest BCUT2D eigenvalue weighted by atomic mass is 10.0. The third-order valence-electron chi connectivity index (χ3n) is 3.33. The number of hydrogen-bond acceptors (Lipinski definition) is 3. The van der Waals surface area contributed by atoms with Gasteiger partial charge in [0.2, 0.25) is 0 Å².